The molecule has 0 bridgehead atoms. The number of rotatable bonds is 59. The quantitative estimate of drug-likeness (QED) is 0.0205. The third-order valence-corrected chi connectivity index (χ3v) is 15.4. The second kappa shape index (κ2) is 57.7. The maximum absolute atomic E-state index is 13.6. The van der Waals surface area contributed by atoms with Gasteiger partial charge in [0.1, 0.15) is 19.3 Å². The maximum atomic E-state index is 13.6. The van der Waals surface area contributed by atoms with E-state index in [1.807, 2.05) is 33.3 Å². The Labute approximate surface area is 483 Å². The number of unbranched alkanes of at least 4 members (excludes halogenated alkanes) is 33. The molecule has 3 atom stereocenters. The van der Waals surface area contributed by atoms with E-state index in [0.29, 0.717) is 23.9 Å². The molecule has 0 saturated heterocycles. The Hall–Kier alpha value is -2.55. The molecule has 3 unspecified atom stereocenters. The van der Waals surface area contributed by atoms with Crippen molar-refractivity contribution in [2.45, 2.75) is 309 Å². The summed E-state index contributed by atoms with van der Waals surface area (Å²) in [6, 6.07) is -0.860. The highest BCUT2D eigenvalue weighted by Gasteiger charge is 2.30. The van der Waals surface area contributed by atoms with Crippen molar-refractivity contribution in [2.24, 2.45) is 0 Å². The number of allylic oxidation sites excluding steroid dienone is 11. The number of hydrogen-bond donors (Lipinski definition) is 2. The number of carbonyl (C=O) groups excluding carboxylic acids is 2. The van der Waals surface area contributed by atoms with Crippen LogP contribution >= 0.6 is 7.82 Å². The van der Waals surface area contributed by atoms with E-state index in [9.17, 15) is 19.0 Å². The van der Waals surface area contributed by atoms with Crippen molar-refractivity contribution in [1.29, 1.82) is 0 Å². The monoisotopic (exact) mass is 1110 g/mol. The molecule has 0 spiro atoms. The Morgan fingerprint density at radius 3 is 1.19 bits per heavy atom. The highest BCUT2D eigenvalue weighted by molar-refractivity contribution is 7.47. The highest BCUT2D eigenvalue weighted by atomic mass is 31.2. The largest absolute Gasteiger partial charge is 0.472 e. The van der Waals surface area contributed by atoms with E-state index in [-0.39, 0.29) is 31.5 Å². The smallest absolute Gasteiger partial charge is 0.456 e. The average Bonchev–Trinajstić information content (AvgIpc) is 3.40. The molecule has 454 valence electrons. The van der Waals surface area contributed by atoms with Gasteiger partial charge in [-0.25, -0.2) is 4.57 Å². The zero-order valence-corrected chi connectivity index (χ0v) is 52.8. The van der Waals surface area contributed by atoms with Gasteiger partial charge in [-0.2, -0.15) is 0 Å². The zero-order chi connectivity index (χ0) is 57.2. The van der Waals surface area contributed by atoms with Gasteiger partial charge in [0.25, 0.3) is 0 Å². The molecule has 0 aliphatic carbocycles. The first-order valence-corrected chi connectivity index (χ1v) is 34.3. The molecule has 0 radical (unpaired) electrons. The van der Waals surface area contributed by atoms with Gasteiger partial charge in [-0.1, -0.05) is 255 Å². The number of likely N-dealkylation sites (N-methyl/N-ethyl adjacent to an activating group) is 1. The van der Waals surface area contributed by atoms with Gasteiger partial charge in [0.2, 0.25) is 5.91 Å². The van der Waals surface area contributed by atoms with E-state index in [1.54, 1.807) is 0 Å². The lowest BCUT2D eigenvalue weighted by atomic mass is 10.0. The number of amides is 1. The highest BCUT2D eigenvalue weighted by Crippen LogP contribution is 2.43. The van der Waals surface area contributed by atoms with Gasteiger partial charge in [0.05, 0.1) is 33.8 Å². The second-order valence-corrected chi connectivity index (χ2v) is 24.7. The van der Waals surface area contributed by atoms with E-state index >= 15 is 0 Å². The number of quaternary nitrogens is 1. The van der Waals surface area contributed by atoms with Crippen molar-refractivity contribution in [1.82, 2.24) is 5.32 Å². The van der Waals surface area contributed by atoms with Gasteiger partial charge in [-0.05, 0) is 102 Å². The van der Waals surface area contributed by atoms with E-state index in [2.05, 4.69) is 86.8 Å². The van der Waals surface area contributed by atoms with Crippen molar-refractivity contribution in [3.8, 4) is 0 Å². The summed E-state index contributed by atoms with van der Waals surface area (Å²) in [7, 11) is 1.48. The molecule has 0 aromatic rings. The van der Waals surface area contributed by atoms with Crippen LogP contribution in [0.25, 0.3) is 0 Å². The van der Waals surface area contributed by atoms with Crippen molar-refractivity contribution < 1.29 is 37.3 Å². The van der Waals surface area contributed by atoms with Crippen LogP contribution in [0.5, 0.6) is 0 Å². The predicted molar refractivity (Wildman–Crippen MR) is 337 cm³/mol. The molecule has 0 aromatic carbocycles. The molecule has 10 heteroatoms. The van der Waals surface area contributed by atoms with Crippen molar-refractivity contribution in [3.05, 3.63) is 72.9 Å². The molecule has 78 heavy (non-hydrogen) atoms. The van der Waals surface area contributed by atoms with Crippen LogP contribution in [0.3, 0.4) is 0 Å². The predicted octanol–water partition coefficient (Wildman–Crippen LogP) is 20.4. The van der Waals surface area contributed by atoms with Gasteiger partial charge in [-0.3, -0.25) is 18.6 Å². The first-order chi connectivity index (χ1) is 37.9. The number of nitrogens with zero attached hydrogens (tertiary/aromatic N) is 1. The van der Waals surface area contributed by atoms with Gasteiger partial charge < -0.3 is 19.4 Å². The SMILES string of the molecule is CCCCC/C=C\C/C=C\C/C=C\CCCCCCC(=O)OC(/C=C\CCCCCCCCCCCC)C(COP(=O)(O)OCC[N+](C)(C)C)NC(=O)CCCCCCCCCCCCCCC/C=C\C/C=C\CCCCC. The van der Waals surface area contributed by atoms with Gasteiger partial charge in [-0.15, -0.1) is 0 Å². The Balaban J connectivity index is 5.18. The summed E-state index contributed by atoms with van der Waals surface area (Å²) < 4.78 is 30.7. The summed E-state index contributed by atoms with van der Waals surface area (Å²) in [4.78, 5) is 37.8. The molecule has 2 N–H and O–H groups in total. The summed E-state index contributed by atoms with van der Waals surface area (Å²) in [6.45, 7) is 6.96. The number of hydrogen-bond acceptors (Lipinski definition) is 6. The molecule has 0 heterocycles. The Bertz CT molecular complexity index is 1570. The number of phosphoric acid groups is 1. The van der Waals surface area contributed by atoms with Gasteiger partial charge >= 0.3 is 13.8 Å². The number of phosphoric ester groups is 1. The van der Waals surface area contributed by atoms with Crippen LogP contribution in [0.1, 0.15) is 297 Å². The minimum absolute atomic E-state index is 0.0347. The van der Waals surface area contributed by atoms with Crippen LogP contribution in [0.4, 0.5) is 0 Å². The fourth-order valence-electron chi connectivity index (χ4n) is 9.27. The van der Waals surface area contributed by atoms with Gasteiger partial charge in [0, 0.05) is 12.8 Å². The molecule has 1 amide bonds. The molecule has 0 saturated carbocycles. The number of ether oxygens (including phenoxy) is 1. The summed E-state index contributed by atoms with van der Waals surface area (Å²) in [6.07, 6.45) is 74.7. The third kappa shape index (κ3) is 58.1. The standard InChI is InChI=1S/C68H125N2O7P/c1-7-10-13-16-19-22-25-28-30-32-33-34-35-36-37-39-40-42-45-48-51-54-57-60-67(71)69-65(64-76-78(73,74)75-63-62-70(4,5)6)66(59-56-53-50-47-44-27-24-21-18-15-12-9-3)77-68(72)61-58-55-52-49-46-43-41-38-31-29-26-23-20-17-14-11-8-2/h19-20,22-23,28-31,41,43,56,59,65-66H,7-18,21,24-27,32-40,42,44-55,57-58,60-64H2,1-6H3,(H-,69,71,73,74)/p+1/b22-19-,23-20-,30-28-,31-29-,43-41-,59-56-. The second-order valence-electron chi connectivity index (χ2n) is 23.3. The number of carbonyl (C=O) groups is 2. The fourth-order valence-corrected chi connectivity index (χ4v) is 10.0. The van der Waals surface area contributed by atoms with Crippen LogP contribution in [0, 0.1) is 0 Å². The molecular weight excluding hydrogens is 988 g/mol. The van der Waals surface area contributed by atoms with Crippen LogP contribution in [0.15, 0.2) is 72.9 Å². The maximum Gasteiger partial charge on any atom is 0.472 e. The molecule has 0 rings (SSSR count). The first-order valence-electron chi connectivity index (χ1n) is 32.8. The zero-order valence-electron chi connectivity index (χ0n) is 51.9. The molecule has 0 aliphatic heterocycles. The third-order valence-electron chi connectivity index (χ3n) is 14.4. The lowest BCUT2D eigenvalue weighted by molar-refractivity contribution is -0.870. The number of esters is 1. The van der Waals surface area contributed by atoms with E-state index in [0.717, 1.165) is 83.5 Å². The van der Waals surface area contributed by atoms with E-state index in [1.165, 1.54) is 173 Å². The van der Waals surface area contributed by atoms with Crippen molar-refractivity contribution in [2.75, 3.05) is 40.9 Å². The summed E-state index contributed by atoms with van der Waals surface area (Å²) in [5.74, 6) is -0.526. The van der Waals surface area contributed by atoms with Crippen LogP contribution in [-0.2, 0) is 27.9 Å². The average molecular weight is 1110 g/mol. The summed E-state index contributed by atoms with van der Waals surface area (Å²) >= 11 is 0. The lowest BCUT2D eigenvalue weighted by Crippen LogP contribution is -2.47. The van der Waals surface area contributed by atoms with E-state index < -0.39 is 20.0 Å². The Morgan fingerprint density at radius 1 is 0.449 bits per heavy atom. The van der Waals surface area contributed by atoms with Crippen molar-refractivity contribution >= 4 is 19.7 Å². The van der Waals surface area contributed by atoms with Crippen LogP contribution < -0.4 is 5.32 Å². The molecular formula is C68H126N2O7P+. The number of nitrogens with one attached hydrogen (secondary N) is 1. The van der Waals surface area contributed by atoms with Crippen LogP contribution in [0.2, 0.25) is 0 Å². The Kier molecular flexibility index (Phi) is 55.8. The Morgan fingerprint density at radius 2 is 0.782 bits per heavy atom. The molecule has 0 fully saturated rings. The minimum Gasteiger partial charge on any atom is -0.456 e. The van der Waals surface area contributed by atoms with Crippen molar-refractivity contribution in [3.63, 3.8) is 0 Å². The molecule has 0 aliphatic rings. The van der Waals surface area contributed by atoms with Crippen LogP contribution in [-0.4, -0.2) is 74.3 Å². The first kappa shape index (κ1) is 75.5. The van der Waals surface area contributed by atoms with Gasteiger partial charge in [0.15, 0.2) is 0 Å². The topological polar surface area (TPSA) is 111 Å². The summed E-state index contributed by atoms with van der Waals surface area (Å²) in [5.41, 5.74) is 0. The fraction of sp³-hybridized carbons (Fsp3) is 0.794. The normalized spacial score (nSPS) is 14.1. The molecule has 9 nitrogen and oxygen atoms in total. The molecule has 0 aromatic heterocycles. The van der Waals surface area contributed by atoms with E-state index in [4.69, 9.17) is 13.8 Å². The lowest BCUT2D eigenvalue weighted by Gasteiger charge is -2.27. The summed E-state index contributed by atoms with van der Waals surface area (Å²) in [5, 5.41) is 3.06. The minimum atomic E-state index is -4.46.